The summed E-state index contributed by atoms with van der Waals surface area (Å²) in [5, 5.41) is 0.817. The van der Waals surface area contributed by atoms with Crippen molar-refractivity contribution in [2.24, 2.45) is 0 Å². The van der Waals surface area contributed by atoms with Crippen LogP contribution in [0.1, 0.15) is 11.1 Å². The Morgan fingerprint density at radius 1 is 0.850 bits per heavy atom. The molecule has 2 rings (SSSR count). The molecular weight excluding hydrogens is 324 g/mol. The Hall–Kier alpha value is -1.26. The zero-order valence-electron chi connectivity index (χ0n) is 11.0. The van der Waals surface area contributed by atoms with Crippen LogP contribution in [0.2, 0.25) is 0 Å². The second kappa shape index (κ2) is 7.50. The van der Waals surface area contributed by atoms with Gasteiger partial charge in [0.2, 0.25) is 0 Å². The largest absolute Gasteiger partial charge is 0.294 e. The highest BCUT2D eigenvalue weighted by Gasteiger charge is 2.08. The molecule has 0 saturated carbocycles. The summed E-state index contributed by atoms with van der Waals surface area (Å²) in [5.74, 6) is -1.06. The Kier molecular flexibility index (Phi) is 5.68. The zero-order valence-corrected chi connectivity index (χ0v) is 12.6. The van der Waals surface area contributed by atoms with E-state index >= 15 is 0 Å². The van der Waals surface area contributed by atoms with Crippen LogP contribution in [0, 0.1) is 11.6 Å². The van der Waals surface area contributed by atoms with E-state index < -0.39 is 11.6 Å². The van der Waals surface area contributed by atoms with E-state index in [0.717, 1.165) is 24.5 Å². The van der Waals surface area contributed by atoms with Crippen LogP contribution in [-0.4, -0.2) is 16.8 Å². The monoisotopic (exact) mass is 339 g/mol. The van der Waals surface area contributed by atoms with Crippen LogP contribution in [0.3, 0.4) is 0 Å². The van der Waals surface area contributed by atoms with Crippen molar-refractivity contribution in [1.82, 2.24) is 4.90 Å². The fraction of sp³-hybridized carbons (Fsp3) is 0.250. The van der Waals surface area contributed by atoms with Gasteiger partial charge in [0.1, 0.15) is 11.6 Å². The molecule has 0 atom stereocenters. The van der Waals surface area contributed by atoms with Crippen LogP contribution in [0.5, 0.6) is 0 Å². The van der Waals surface area contributed by atoms with E-state index in [2.05, 4.69) is 20.8 Å². The molecule has 0 fully saturated rings. The van der Waals surface area contributed by atoms with Crippen molar-refractivity contribution in [3.8, 4) is 0 Å². The molecule has 0 aliphatic rings. The van der Waals surface area contributed by atoms with Gasteiger partial charge in [0.25, 0.3) is 0 Å². The van der Waals surface area contributed by atoms with Gasteiger partial charge in [-0.2, -0.15) is 0 Å². The molecule has 0 N–H and O–H groups in total. The number of benzene rings is 2. The lowest BCUT2D eigenvalue weighted by atomic mass is 10.1. The number of alkyl halides is 1. The third-order valence-electron chi connectivity index (χ3n) is 2.98. The number of halogens is 3. The van der Waals surface area contributed by atoms with E-state index in [1.54, 1.807) is 0 Å². The van der Waals surface area contributed by atoms with E-state index in [-0.39, 0.29) is 0 Å². The quantitative estimate of drug-likeness (QED) is 0.706. The maximum absolute atomic E-state index is 13.2. The summed E-state index contributed by atoms with van der Waals surface area (Å²) in [6.45, 7) is 2.09. The van der Waals surface area contributed by atoms with Crippen LogP contribution >= 0.6 is 15.9 Å². The number of nitrogens with zero attached hydrogens (tertiary/aromatic N) is 1. The summed E-state index contributed by atoms with van der Waals surface area (Å²) in [4.78, 5) is 2.15. The molecule has 4 heteroatoms. The van der Waals surface area contributed by atoms with Crippen molar-refractivity contribution in [2.75, 3.05) is 11.9 Å². The van der Waals surface area contributed by atoms with Crippen LogP contribution in [0.25, 0.3) is 0 Å². The molecular formula is C16H16BrF2N. The highest BCUT2D eigenvalue weighted by Crippen LogP contribution is 2.13. The molecule has 0 radical (unpaired) electrons. The first-order valence-electron chi connectivity index (χ1n) is 6.44. The van der Waals surface area contributed by atoms with Gasteiger partial charge in [-0.3, -0.25) is 4.90 Å². The molecule has 2 aromatic carbocycles. The minimum absolute atomic E-state index is 0.523. The summed E-state index contributed by atoms with van der Waals surface area (Å²) < 4.78 is 26.4. The smallest absolute Gasteiger partial charge is 0.126 e. The van der Waals surface area contributed by atoms with Gasteiger partial charge in [-0.05, 0) is 23.3 Å². The van der Waals surface area contributed by atoms with Crippen molar-refractivity contribution < 1.29 is 8.78 Å². The first-order valence-corrected chi connectivity index (χ1v) is 7.57. The van der Waals surface area contributed by atoms with E-state index in [1.165, 1.54) is 17.7 Å². The lowest BCUT2D eigenvalue weighted by Crippen LogP contribution is -2.25. The normalized spacial score (nSPS) is 11.0. The zero-order chi connectivity index (χ0) is 14.4. The molecule has 0 spiro atoms. The highest BCUT2D eigenvalue weighted by molar-refractivity contribution is 9.09. The average molecular weight is 340 g/mol. The SMILES string of the molecule is Fc1cc(F)cc(CN(CCBr)Cc2ccccc2)c1. The second-order valence-electron chi connectivity index (χ2n) is 4.66. The first kappa shape index (κ1) is 15.1. The molecule has 0 aromatic heterocycles. The van der Waals surface area contributed by atoms with Gasteiger partial charge in [-0.25, -0.2) is 8.78 Å². The maximum Gasteiger partial charge on any atom is 0.126 e. The predicted molar refractivity (Wildman–Crippen MR) is 80.7 cm³/mol. The van der Waals surface area contributed by atoms with Gasteiger partial charge in [0.15, 0.2) is 0 Å². The molecule has 0 heterocycles. The van der Waals surface area contributed by atoms with Crippen molar-refractivity contribution in [1.29, 1.82) is 0 Å². The van der Waals surface area contributed by atoms with Gasteiger partial charge < -0.3 is 0 Å². The Bertz CT molecular complexity index is 525. The minimum atomic E-state index is -0.529. The van der Waals surface area contributed by atoms with Gasteiger partial charge in [-0.1, -0.05) is 46.3 Å². The third kappa shape index (κ3) is 4.69. The lowest BCUT2D eigenvalue weighted by Gasteiger charge is -2.21. The van der Waals surface area contributed by atoms with Crippen LogP contribution in [0.15, 0.2) is 48.5 Å². The van der Waals surface area contributed by atoms with E-state index in [9.17, 15) is 8.78 Å². The lowest BCUT2D eigenvalue weighted by molar-refractivity contribution is 0.273. The summed E-state index contributed by atoms with van der Waals surface area (Å²) in [5.41, 5.74) is 1.84. The average Bonchev–Trinajstić information content (AvgIpc) is 2.39. The third-order valence-corrected chi connectivity index (χ3v) is 3.33. The Balaban J connectivity index is 2.08. The van der Waals surface area contributed by atoms with Crippen molar-refractivity contribution in [3.05, 3.63) is 71.3 Å². The van der Waals surface area contributed by atoms with Crippen LogP contribution in [0.4, 0.5) is 8.78 Å². The first-order chi connectivity index (χ1) is 9.67. The molecule has 1 nitrogen and oxygen atoms in total. The number of hydrogen-bond acceptors (Lipinski definition) is 1. The van der Waals surface area contributed by atoms with E-state index in [0.29, 0.717) is 12.1 Å². The van der Waals surface area contributed by atoms with E-state index in [1.807, 2.05) is 30.3 Å². The maximum atomic E-state index is 13.2. The highest BCUT2D eigenvalue weighted by atomic mass is 79.9. The molecule has 20 heavy (non-hydrogen) atoms. The number of hydrogen-bond donors (Lipinski definition) is 0. The standard InChI is InChI=1S/C16H16BrF2N/c17-6-7-20(11-13-4-2-1-3-5-13)12-14-8-15(18)10-16(19)9-14/h1-5,8-10H,6-7,11-12H2. The van der Waals surface area contributed by atoms with Gasteiger partial charge in [0, 0.05) is 31.0 Å². The number of rotatable bonds is 6. The minimum Gasteiger partial charge on any atom is -0.294 e. The predicted octanol–water partition coefficient (Wildman–Crippen LogP) is 4.36. The molecule has 0 amide bonds. The fourth-order valence-corrected chi connectivity index (χ4v) is 2.64. The van der Waals surface area contributed by atoms with Crippen molar-refractivity contribution in [2.45, 2.75) is 13.1 Å². The van der Waals surface area contributed by atoms with Gasteiger partial charge in [-0.15, -0.1) is 0 Å². The summed E-state index contributed by atoms with van der Waals surface area (Å²) in [6, 6.07) is 13.7. The topological polar surface area (TPSA) is 3.24 Å². The molecule has 106 valence electrons. The van der Waals surface area contributed by atoms with Crippen molar-refractivity contribution >= 4 is 15.9 Å². The molecule has 0 aliphatic carbocycles. The molecule has 0 aliphatic heterocycles. The van der Waals surface area contributed by atoms with Crippen molar-refractivity contribution in [3.63, 3.8) is 0 Å². The summed E-state index contributed by atoms with van der Waals surface area (Å²) in [7, 11) is 0. The molecule has 0 bridgehead atoms. The van der Waals surface area contributed by atoms with Crippen LogP contribution < -0.4 is 0 Å². The Labute approximate surface area is 126 Å². The second-order valence-corrected chi connectivity index (χ2v) is 5.46. The fourth-order valence-electron chi connectivity index (χ4n) is 2.14. The van der Waals surface area contributed by atoms with Crippen LogP contribution in [-0.2, 0) is 13.1 Å². The molecule has 0 unspecified atom stereocenters. The van der Waals surface area contributed by atoms with Gasteiger partial charge in [0.05, 0.1) is 0 Å². The molecule has 2 aromatic rings. The van der Waals surface area contributed by atoms with Gasteiger partial charge >= 0.3 is 0 Å². The van der Waals surface area contributed by atoms with E-state index in [4.69, 9.17) is 0 Å². The summed E-state index contributed by atoms with van der Waals surface area (Å²) >= 11 is 3.42. The summed E-state index contributed by atoms with van der Waals surface area (Å²) in [6.07, 6.45) is 0. The Morgan fingerprint density at radius 3 is 2.05 bits per heavy atom. The Morgan fingerprint density at radius 2 is 1.45 bits per heavy atom. The molecule has 0 saturated heterocycles.